The number of para-hydroxylation sites is 2. The molecule has 9 nitrogen and oxygen atoms in total. The van der Waals surface area contributed by atoms with Crippen LogP contribution in [-0.2, 0) is 22.5 Å². The minimum Gasteiger partial charge on any atom is -0.382 e. The van der Waals surface area contributed by atoms with Crippen molar-refractivity contribution in [3.63, 3.8) is 0 Å². The first-order valence-corrected chi connectivity index (χ1v) is 10.3. The minimum absolute atomic E-state index is 0.162. The van der Waals surface area contributed by atoms with E-state index in [4.69, 9.17) is 9.26 Å². The van der Waals surface area contributed by atoms with Gasteiger partial charge in [-0.3, -0.25) is 15.1 Å². The average Bonchev–Trinajstić information content (AvgIpc) is 3.41. The Morgan fingerprint density at radius 3 is 2.84 bits per heavy atom. The highest BCUT2D eigenvalue weighted by atomic mass is 16.5. The van der Waals surface area contributed by atoms with E-state index in [1.54, 1.807) is 24.5 Å². The SMILES string of the molecule is CCOCCCn1c(NC(=O)CCc2nc(-c3ccncc3)no2)nc2ccccc21. The van der Waals surface area contributed by atoms with E-state index in [0.29, 0.717) is 43.8 Å². The van der Waals surface area contributed by atoms with Crippen molar-refractivity contribution in [1.29, 1.82) is 0 Å². The lowest BCUT2D eigenvalue weighted by Crippen LogP contribution is -2.17. The molecule has 0 saturated carbocycles. The molecule has 4 aromatic rings. The Hall–Kier alpha value is -3.59. The molecule has 3 aromatic heterocycles. The number of hydrogen-bond donors (Lipinski definition) is 1. The number of benzene rings is 1. The van der Waals surface area contributed by atoms with E-state index in [2.05, 4.69) is 25.4 Å². The van der Waals surface area contributed by atoms with E-state index in [9.17, 15) is 4.79 Å². The number of nitrogens with one attached hydrogen (secondary N) is 1. The normalized spacial score (nSPS) is 11.1. The van der Waals surface area contributed by atoms with Crippen LogP contribution in [0.5, 0.6) is 0 Å². The predicted molar refractivity (Wildman–Crippen MR) is 115 cm³/mol. The molecule has 9 heteroatoms. The van der Waals surface area contributed by atoms with Gasteiger partial charge in [0, 0.05) is 50.6 Å². The van der Waals surface area contributed by atoms with Crippen LogP contribution in [0.25, 0.3) is 22.4 Å². The first-order valence-electron chi connectivity index (χ1n) is 10.3. The van der Waals surface area contributed by atoms with Crippen LogP contribution in [0.4, 0.5) is 5.95 Å². The Balaban J connectivity index is 1.40. The van der Waals surface area contributed by atoms with Crippen LogP contribution in [-0.4, -0.2) is 43.8 Å². The van der Waals surface area contributed by atoms with E-state index in [0.717, 1.165) is 23.0 Å². The molecular weight excluding hydrogens is 396 g/mol. The lowest BCUT2D eigenvalue weighted by atomic mass is 10.2. The second kappa shape index (κ2) is 9.94. The van der Waals surface area contributed by atoms with Gasteiger partial charge in [-0.25, -0.2) is 4.98 Å². The van der Waals surface area contributed by atoms with Crippen molar-refractivity contribution in [3.8, 4) is 11.4 Å². The van der Waals surface area contributed by atoms with Crippen molar-refractivity contribution in [2.24, 2.45) is 0 Å². The van der Waals surface area contributed by atoms with Crippen LogP contribution in [0, 0.1) is 0 Å². The van der Waals surface area contributed by atoms with Crippen LogP contribution < -0.4 is 5.32 Å². The van der Waals surface area contributed by atoms with Crippen molar-refractivity contribution in [2.75, 3.05) is 18.5 Å². The molecule has 1 amide bonds. The van der Waals surface area contributed by atoms with Gasteiger partial charge in [-0.05, 0) is 37.6 Å². The molecule has 0 aliphatic heterocycles. The van der Waals surface area contributed by atoms with Gasteiger partial charge < -0.3 is 13.8 Å². The summed E-state index contributed by atoms with van der Waals surface area (Å²) in [5, 5.41) is 6.89. The molecule has 0 fully saturated rings. The van der Waals surface area contributed by atoms with Crippen LogP contribution in [0.1, 0.15) is 25.7 Å². The Labute approximate surface area is 179 Å². The Morgan fingerprint density at radius 1 is 1.16 bits per heavy atom. The highest BCUT2D eigenvalue weighted by Crippen LogP contribution is 2.20. The summed E-state index contributed by atoms with van der Waals surface area (Å²) < 4.78 is 12.7. The van der Waals surface area contributed by atoms with Crippen LogP contribution in [0.15, 0.2) is 53.3 Å². The van der Waals surface area contributed by atoms with Gasteiger partial charge in [-0.15, -0.1) is 0 Å². The number of hydrogen-bond acceptors (Lipinski definition) is 7. The number of carbonyl (C=O) groups is 1. The van der Waals surface area contributed by atoms with Crippen LogP contribution in [0.3, 0.4) is 0 Å². The average molecular weight is 420 g/mol. The molecule has 0 unspecified atom stereocenters. The molecular formula is C22H24N6O3. The van der Waals surface area contributed by atoms with Crippen LogP contribution >= 0.6 is 0 Å². The smallest absolute Gasteiger partial charge is 0.227 e. The number of fused-ring (bicyclic) bond motifs is 1. The number of rotatable bonds is 10. The summed E-state index contributed by atoms with van der Waals surface area (Å²) in [7, 11) is 0. The second-order valence-electron chi connectivity index (χ2n) is 6.92. The van der Waals surface area contributed by atoms with E-state index < -0.39 is 0 Å². The van der Waals surface area contributed by atoms with Gasteiger partial charge in [0.2, 0.25) is 23.6 Å². The summed E-state index contributed by atoms with van der Waals surface area (Å²) in [4.78, 5) is 25.5. The maximum Gasteiger partial charge on any atom is 0.227 e. The summed E-state index contributed by atoms with van der Waals surface area (Å²) in [5.74, 6) is 1.26. The number of aryl methyl sites for hydroxylation is 2. The standard InChI is InChI=1S/C22H24N6O3/c1-2-30-15-5-14-28-18-7-4-3-6-17(18)24-22(28)25-19(29)8-9-20-26-21(27-31-20)16-10-12-23-13-11-16/h3-4,6-7,10-13H,2,5,8-9,14-15H2,1H3,(H,24,25,29). The van der Waals surface area contributed by atoms with Crippen molar-refractivity contribution in [1.82, 2.24) is 24.7 Å². The van der Waals surface area contributed by atoms with Crippen molar-refractivity contribution >= 4 is 22.9 Å². The summed E-state index contributed by atoms with van der Waals surface area (Å²) in [6.45, 7) is 4.02. The molecule has 0 aliphatic carbocycles. The molecule has 0 atom stereocenters. The van der Waals surface area contributed by atoms with Gasteiger partial charge in [-0.1, -0.05) is 17.3 Å². The number of pyridine rings is 1. The lowest BCUT2D eigenvalue weighted by Gasteiger charge is -2.10. The summed E-state index contributed by atoms with van der Waals surface area (Å²) >= 11 is 0. The van der Waals surface area contributed by atoms with Crippen LogP contribution in [0.2, 0.25) is 0 Å². The molecule has 0 radical (unpaired) electrons. The summed E-state index contributed by atoms with van der Waals surface area (Å²) in [6.07, 6.45) is 4.71. The highest BCUT2D eigenvalue weighted by molar-refractivity contribution is 5.91. The monoisotopic (exact) mass is 420 g/mol. The third kappa shape index (κ3) is 5.13. The number of amides is 1. The Morgan fingerprint density at radius 2 is 2.00 bits per heavy atom. The molecule has 0 spiro atoms. The number of carbonyl (C=O) groups excluding carboxylic acids is 1. The van der Waals surface area contributed by atoms with Gasteiger partial charge in [0.15, 0.2) is 0 Å². The van der Waals surface area contributed by atoms with E-state index >= 15 is 0 Å². The molecule has 1 N–H and O–H groups in total. The van der Waals surface area contributed by atoms with Crippen molar-refractivity contribution < 1.29 is 14.1 Å². The van der Waals surface area contributed by atoms with Gasteiger partial charge in [-0.2, -0.15) is 4.98 Å². The number of ether oxygens (including phenoxy) is 1. The van der Waals surface area contributed by atoms with Gasteiger partial charge in [0.1, 0.15) is 0 Å². The molecule has 160 valence electrons. The number of nitrogens with zero attached hydrogens (tertiary/aromatic N) is 5. The zero-order chi connectivity index (χ0) is 21.5. The Kier molecular flexibility index (Phi) is 6.63. The fourth-order valence-corrected chi connectivity index (χ4v) is 3.25. The maximum absolute atomic E-state index is 12.6. The van der Waals surface area contributed by atoms with E-state index in [-0.39, 0.29) is 12.3 Å². The molecule has 0 saturated heterocycles. The first kappa shape index (κ1) is 20.7. The van der Waals surface area contributed by atoms with Gasteiger partial charge >= 0.3 is 0 Å². The number of aromatic nitrogens is 5. The second-order valence-corrected chi connectivity index (χ2v) is 6.92. The number of anilines is 1. The third-order valence-corrected chi connectivity index (χ3v) is 4.75. The fourth-order valence-electron chi connectivity index (χ4n) is 3.25. The predicted octanol–water partition coefficient (Wildman–Crippen LogP) is 3.48. The molecule has 4 rings (SSSR count). The number of imidazole rings is 1. The quantitative estimate of drug-likeness (QED) is 0.391. The topological polar surface area (TPSA) is 108 Å². The largest absolute Gasteiger partial charge is 0.382 e. The molecule has 1 aromatic carbocycles. The van der Waals surface area contributed by atoms with E-state index in [1.165, 1.54) is 0 Å². The molecule has 31 heavy (non-hydrogen) atoms. The Bertz CT molecular complexity index is 1140. The molecule has 3 heterocycles. The van der Waals surface area contributed by atoms with Gasteiger partial charge in [0.25, 0.3) is 0 Å². The van der Waals surface area contributed by atoms with Gasteiger partial charge in [0.05, 0.1) is 11.0 Å². The summed E-state index contributed by atoms with van der Waals surface area (Å²) in [6, 6.07) is 11.4. The first-order chi connectivity index (χ1) is 15.2. The maximum atomic E-state index is 12.6. The summed E-state index contributed by atoms with van der Waals surface area (Å²) in [5.41, 5.74) is 2.64. The fraction of sp³-hybridized carbons (Fsp3) is 0.318. The zero-order valence-corrected chi connectivity index (χ0v) is 17.3. The third-order valence-electron chi connectivity index (χ3n) is 4.75. The van der Waals surface area contributed by atoms with Crippen molar-refractivity contribution in [3.05, 3.63) is 54.7 Å². The highest BCUT2D eigenvalue weighted by Gasteiger charge is 2.15. The van der Waals surface area contributed by atoms with Crippen molar-refractivity contribution in [2.45, 2.75) is 32.7 Å². The molecule has 0 bridgehead atoms. The van der Waals surface area contributed by atoms with E-state index in [1.807, 2.05) is 35.8 Å². The zero-order valence-electron chi connectivity index (χ0n) is 17.3. The minimum atomic E-state index is -0.162. The molecule has 0 aliphatic rings. The lowest BCUT2D eigenvalue weighted by molar-refractivity contribution is -0.116.